The fourth-order valence-electron chi connectivity index (χ4n) is 2.72. The number of thiazole rings is 1. The van der Waals surface area contributed by atoms with E-state index in [1.807, 2.05) is 0 Å². The summed E-state index contributed by atoms with van der Waals surface area (Å²) in [4.78, 5) is 30.2. The van der Waals surface area contributed by atoms with E-state index < -0.39 is 23.6 Å². The number of nitrogens with zero attached hydrogens (tertiary/aromatic N) is 2. The molecule has 0 unspecified atom stereocenters. The summed E-state index contributed by atoms with van der Waals surface area (Å²) in [7, 11) is 0. The van der Waals surface area contributed by atoms with Crippen molar-refractivity contribution in [2.45, 2.75) is 31.0 Å². The predicted molar refractivity (Wildman–Crippen MR) is 118 cm³/mol. The first-order valence-corrected chi connectivity index (χ1v) is 11.5. The van der Waals surface area contributed by atoms with E-state index in [2.05, 4.69) is 4.98 Å². The highest BCUT2D eigenvalue weighted by atomic mass is 32.2. The molecule has 0 fully saturated rings. The van der Waals surface area contributed by atoms with E-state index >= 15 is 0 Å². The number of hydrogen-bond acceptors (Lipinski definition) is 6. The summed E-state index contributed by atoms with van der Waals surface area (Å²) in [5.74, 6) is -0.858. The molecule has 5 nitrogen and oxygen atoms in total. The van der Waals surface area contributed by atoms with Crippen LogP contribution in [0.1, 0.15) is 24.6 Å². The molecule has 0 N–H and O–H groups in total. The van der Waals surface area contributed by atoms with Gasteiger partial charge in [-0.3, -0.25) is 14.5 Å². The number of alkyl halides is 3. The van der Waals surface area contributed by atoms with Gasteiger partial charge in [-0.05, 0) is 42.5 Å². The first-order chi connectivity index (χ1) is 15.6. The molecule has 1 heterocycles. The van der Waals surface area contributed by atoms with Crippen LogP contribution in [0.15, 0.2) is 58.8 Å². The van der Waals surface area contributed by atoms with Crippen LogP contribution in [-0.2, 0) is 27.1 Å². The zero-order valence-corrected chi connectivity index (χ0v) is 18.9. The van der Waals surface area contributed by atoms with Crippen molar-refractivity contribution in [3.8, 4) is 0 Å². The van der Waals surface area contributed by atoms with Crippen molar-refractivity contribution in [1.29, 1.82) is 0 Å². The number of rotatable bonds is 8. The van der Waals surface area contributed by atoms with E-state index in [1.54, 1.807) is 17.5 Å². The predicted octanol–water partition coefficient (Wildman–Crippen LogP) is 6.21. The molecule has 0 bridgehead atoms. The van der Waals surface area contributed by atoms with Gasteiger partial charge >= 0.3 is 12.1 Å². The molecule has 0 spiro atoms. The van der Waals surface area contributed by atoms with Crippen LogP contribution in [-0.4, -0.2) is 22.6 Å². The number of ether oxygens (including phenoxy) is 1. The molecule has 1 amide bonds. The quantitative estimate of drug-likeness (QED) is 0.210. The summed E-state index contributed by atoms with van der Waals surface area (Å²) in [5.41, 5.74) is -0.476. The minimum atomic E-state index is -4.55. The summed E-state index contributed by atoms with van der Waals surface area (Å²) in [5, 5.41) is 1.74. The Balaban J connectivity index is 1.58. The minimum absolute atomic E-state index is 0.0352. The van der Waals surface area contributed by atoms with Gasteiger partial charge < -0.3 is 4.74 Å². The normalized spacial score (nSPS) is 11.3. The molecule has 0 saturated carbocycles. The van der Waals surface area contributed by atoms with Crippen LogP contribution >= 0.6 is 23.1 Å². The third-order valence-electron chi connectivity index (χ3n) is 4.25. The van der Waals surface area contributed by atoms with Gasteiger partial charge in [0.15, 0.2) is 5.13 Å². The van der Waals surface area contributed by atoms with E-state index in [0.29, 0.717) is 11.4 Å². The summed E-state index contributed by atoms with van der Waals surface area (Å²) in [6.07, 6.45) is -4.42. The van der Waals surface area contributed by atoms with Gasteiger partial charge in [-0.15, -0.1) is 23.1 Å². The number of aromatic nitrogens is 1. The van der Waals surface area contributed by atoms with Crippen LogP contribution < -0.4 is 4.90 Å². The zero-order chi connectivity index (χ0) is 24.0. The van der Waals surface area contributed by atoms with Crippen molar-refractivity contribution < 1.29 is 31.9 Å². The maximum absolute atomic E-state index is 13.0. The summed E-state index contributed by atoms with van der Waals surface area (Å²) in [6, 6.07) is 10.3. The lowest BCUT2D eigenvalue weighted by atomic mass is 10.2. The molecule has 0 radical (unpaired) electrons. The maximum atomic E-state index is 13.0. The lowest BCUT2D eigenvalue weighted by Gasteiger charge is -2.19. The Morgan fingerprint density at radius 2 is 1.88 bits per heavy atom. The second-order valence-corrected chi connectivity index (χ2v) is 8.74. The van der Waals surface area contributed by atoms with E-state index in [9.17, 15) is 27.2 Å². The lowest BCUT2D eigenvalue weighted by Crippen LogP contribution is -2.23. The highest BCUT2D eigenvalue weighted by molar-refractivity contribution is 7.99. The van der Waals surface area contributed by atoms with Crippen LogP contribution in [0.2, 0.25) is 0 Å². The van der Waals surface area contributed by atoms with Gasteiger partial charge in [0.05, 0.1) is 23.4 Å². The Hall–Kier alpha value is -2.92. The molecular formula is C22H18F4N2O3S2. The molecule has 3 rings (SSSR count). The molecule has 11 heteroatoms. The van der Waals surface area contributed by atoms with Crippen molar-refractivity contribution >= 4 is 45.8 Å². The van der Waals surface area contributed by atoms with Crippen LogP contribution in [0.3, 0.4) is 0 Å². The highest BCUT2D eigenvalue weighted by Crippen LogP contribution is 2.35. The molecule has 1 aromatic heterocycles. The number of anilines is 2. The molecule has 2 aromatic carbocycles. The molecule has 0 aliphatic rings. The number of thioether (sulfide) groups is 1. The number of carbonyl (C=O) groups is 2. The average Bonchev–Trinajstić information content (AvgIpc) is 3.21. The fourth-order valence-corrected chi connectivity index (χ4v) is 4.43. The molecular weight excluding hydrogens is 480 g/mol. The standard InChI is InChI=1S/C22H18F4N2O3S2/c1-14(29)28(18-4-2-3-15(11-18)22(24,25)26)21-27-17(13-33-21)12-31-20(30)9-10-32-19-7-5-16(23)6-8-19/h2-8,11,13H,9-10,12H2,1H3. The van der Waals surface area contributed by atoms with Gasteiger partial charge in [0.2, 0.25) is 5.91 Å². The van der Waals surface area contributed by atoms with Gasteiger partial charge in [-0.25, -0.2) is 9.37 Å². The zero-order valence-electron chi connectivity index (χ0n) is 17.3. The van der Waals surface area contributed by atoms with Crippen LogP contribution in [0.4, 0.5) is 28.4 Å². The SMILES string of the molecule is CC(=O)N(c1cccc(C(F)(F)F)c1)c1nc(COC(=O)CCSc2ccc(F)cc2)cs1. The number of halogens is 4. The third kappa shape index (κ3) is 7.03. The molecule has 174 valence electrons. The van der Waals surface area contributed by atoms with E-state index in [0.717, 1.165) is 33.3 Å². The van der Waals surface area contributed by atoms with Crippen molar-refractivity contribution in [3.63, 3.8) is 0 Å². The highest BCUT2D eigenvalue weighted by Gasteiger charge is 2.31. The van der Waals surface area contributed by atoms with E-state index in [4.69, 9.17) is 4.74 Å². The monoisotopic (exact) mass is 498 g/mol. The van der Waals surface area contributed by atoms with Crippen molar-refractivity contribution in [3.05, 3.63) is 71.0 Å². The Morgan fingerprint density at radius 3 is 2.55 bits per heavy atom. The Labute approximate surface area is 195 Å². The molecule has 0 saturated heterocycles. The van der Waals surface area contributed by atoms with Crippen molar-refractivity contribution in [2.75, 3.05) is 10.7 Å². The molecule has 3 aromatic rings. The van der Waals surface area contributed by atoms with Crippen LogP contribution in [0.25, 0.3) is 0 Å². The van der Waals surface area contributed by atoms with Crippen molar-refractivity contribution in [1.82, 2.24) is 4.98 Å². The van der Waals surface area contributed by atoms with E-state index in [1.165, 1.54) is 43.0 Å². The second-order valence-electron chi connectivity index (χ2n) is 6.74. The van der Waals surface area contributed by atoms with Crippen LogP contribution in [0.5, 0.6) is 0 Å². The number of hydrogen-bond donors (Lipinski definition) is 0. The van der Waals surface area contributed by atoms with Gasteiger partial charge in [0.25, 0.3) is 0 Å². The topological polar surface area (TPSA) is 59.5 Å². The summed E-state index contributed by atoms with van der Waals surface area (Å²) < 4.78 is 57.2. The van der Waals surface area contributed by atoms with Gasteiger partial charge in [0.1, 0.15) is 12.4 Å². The first kappa shape index (κ1) is 24.7. The summed E-state index contributed by atoms with van der Waals surface area (Å²) in [6.45, 7) is 1.09. The molecule has 33 heavy (non-hydrogen) atoms. The maximum Gasteiger partial charge on any atom is 0.416 e. The molecule has 0 aliphatic heterocycles. The lowest BCUT2D eigenvalue weighted by molar-refractivity contribution is -0.144. The fraction of sp³-hybridized carbons (Fsp3) is 0.227. The van der Waals surface area contributed by atoms with Gasteiger partial charge in [-0.1, -0.05) is 6.07 Å². The smallest absolute Gasteiger partial charge is 0.416 e. The number of carbonyl (C=O) groups excluding carboxylic acids is 2. The number of amides is 1. The average molecular weight is 499 g/mol. The molecule has 0 atom stereocenters. The van der Waals surface area contributed by atoms with Gasteiger partial charge in [0, 0.05) is 23.0 Å². The largest absolute Gasteiger partial charge is 0.459 e. The first-order valence-electron chi connectivity index (χ1n) is 9.60. The Morgan fingerprint density at radius 1 is 1.15 bits per heavy atom. The third-order valence-corrected chi connectivity index (χ3v) is 6.14. The second kappa shape index (κ2) is 10.8. The van der Waals surface area contributed by atoms with Gasteiger partial charge in [-0.2, -0.15) is 13.2 Å². The van der Waals surface area contributed by atoms with Crippen LogP contribution in [0, 0.1) is 5.82 Å². The Kier molecular flexibility index (Phi) is 8.09. The van der Waals surface area contributed by atoms with Crippen molar-refractivity contribution in [2.24, 2.45) is 0 Å². The minimum Gasteiger partial charge on any atom is -0.459 e. The number of esters is 1. The Bertz CT molecular complexity index is 1120. The molecule has 0 aliphatic carbocycles. The van der Waals surface area contributed by atoms with E-state index in [-0.39, 0.29) is 29.7 Å². The number of benzene rings is 2. The summed E-state index contributed by atoms with van der Waals surface area (Å²) >= 11 is 2.43.